The monoisotopic (exact) mass is 226 g/mol. The first-order valence-electron chi connectivity index (χ1n) is 4.59. The van der Waals surface area contributed by atoms with Crippen molar-refractivity contribution < 1.29 is 9.59 Å². The average molecular weight is 226 g/mol. The summed E-state index contributed by atoms with van der Waals surface area (Å²) < 4.78 is 0. The number of aromatic amines is 1. The number of aromatic nitrogens is 3. The van der Waals surface area contributed by atoms with Gasteiger partial charge in [-0.25, -0.2) is 0 Å². The maximum absolute atomic E-state index is 11.6. The van der Waals surface area contributed by atoms with Crippen molar-refractivity contribution in [2.45, 2.75) is 25.8 Å². The van der Waals surface area contributed by atoms with E-state index in [-0.39, 0.29) is 18.2 Å². The van der Waals surface area contributed by atoms with Crippen molar-refractivity contribution in [2.24, 2.45) is 5.73 Å². The van der Waals surface area contributed by atoms with E-state index >= 15 is 0 Å². The number of hydrogen-bond donors (Lipinski definition) is 4. The summed E-state index contributed by atoms with van der Waals surface area (Å²) >= 11 is 0. The average Bonchev–Trinajstić information content (AvgIpc) is 2.47. The number of nitrogens with two attached hydrogens (primary N) is 2. The molecule has 1 heterocycles. The lowest BCUT2D eigenvalue weighted by Crippen LogP contribution is -2.46. The standard InChI is InChI=1S/C8H14N6O2/c1-8(2,3-4(9)15)12-6(16)5-11-7(10)14-13-5/h3H2,1-2H3,(H2,9,15)(H,12,16)(H3,10,11,13,14). The third-order valence-electron chi connectivity index (χ3n) is 1.79. The highest BCUT2D eigenvalue weighted by Gasteiger charge is 2.24. The van der Waals surface area contributed by atoms with Gasteiger partial charge < -0.3 is 16.8 Å². The van der Waals surface area contributed by atoms with Crippen LogP contribution in [0.5, 0.6) is 0 Å². The number of nitrogens with zero attached hydrogens (tertiary/aromatic N) is 2. The van der Waals surface area contributed by atoms with E-state index < -0.39 is 17.4 Å². The SMILES string of the molecule is CC(C)(CC(N)=O)NC(=O)c1nc(N)n[nH]1. The Morgan fingerprint density at radius 3 is 2.56 bits per heavy atom. The molecule has 0 aliphatic carbocycles. The first-order valence-corrected chi connectivity index (χ1v) is 4.59. The molecule has 0 spiro atoms. The number of H-pyrrole nitrogens is 1. The Labute approximate surface area is 91.8 Å². The van der Waals surface area contributed by atoms with Gasteiger partial charge in [0.05, 0.1) is 0 Å². The summed E-state index contributed by atoms with van der Waals surface area (Å²) in [5, 5.41) is 8.47. The normalized spacial score (nSPS) is 11.1. The van der Waals surface area contributed by atoms with Gasteiger partial charge in [0.15, 0.2) is 0 Å². The first kappa shape index (κ1) is 12.0. The van der Waals surface area contributed by atoms with Gasteiger partial charge in [-0.15, -0.1) is 5.10 Å². The second-order valence-electron chi connectivity index (χ2n) is 4.02. The van der Waals surface area contributed by atoms with Crippen LogP contribution in [0.25, 0.3) is 0 Å². The predicted molar refractivity (Wildman–Crippen MR) is 56.2 cm³/mol. The van der Waals surface area contributed by atoms with Crippen molar-refractivity contribution in [3.05, 3.63) is 5.82 Å². The van der Waals surface area contributed by atoms with Crippen LogP contribution in [-0.4, -0.2) is 32.5 Å². The molecule has 8 nitrogen and oxygen atoms in total. The fraction of sp³-hybridized carbons (Fsp3) is 0.500. The Balaban J connectivity index is 2.67. The minimum Gasteiger partial charge on any atom is -0.370 e. The van der Waals surface area contributed by atoms with Gasteiger partial charge in [0, 0.05) is 12.0 Å². The molecule has 0 saturated carbocycles. The molecule has 0 bridgehead atoms. The molecule has 0 unspecified atom stereocenters. The molecule has 0 saturated heterocycles. The van der Waals surface area contributed by atoms with Crippen LogP contribution in [0.1, 0.15) is 30.9 Å². The van der Waals surface area contributed by atoms with Crippen LogP contribution >= 0.6 is 0 Å². The number of carbonyl (C=O) groups is 2. The number of anilines is 1. The van der Waals surface area contributed by atoms with Crippen molar-refractivity contribution >= 4 is 17.8 Å². The second kappa shape index (κ2) is 4.17. The molecule has 1 aromatic rings. The number of amides is 2. The first-order chi connectivity index (χ1) is 7.30. The molecule has 88 valence electrons. The molecule has 16 heavy (non-hydrogen) atoms. The zero-order chi connectivity index (χ0) is 12.3. The Hall–Kier alpha value is -2.12. The summed E-state index contributed by atoms with van der Waals surface area (Å²) in [6.45, 7) is 3.35. The van der Waals surface area contributed by atoms with Gasteiger partial charge in [-0.3, -0.25) is 14.7 Å². The zero-order valence-electron chi connectivity index (χ0n) is 9.07. The topological polar surface area (TPSA) is 140 Å². The number of primary amides is 1. The third-order valence-corrected chi connectivity index (χ3v) is 1.79. The molecule has 0 atom stereocenters. The fourth-order valence-corrected chi connectivity index (χ4v) is 1.22. The predicted octanol–water partition coefficient (Wildman–Crippen LogP) is -1.23. The zero-order valence-corrected chi connectivity index (χ0v) is 9.07. The van der Waals surface area contributed by atoms with Crippen LogP contribution in [0.2, 0.25) is 0 Å². The van der Waals surface area contributed by atoms with Crippen LogP contribution < -0.4 is 16.8 Å². The summed E-state index contributed by atoms with van der Waals surface area (Å²) in [5.74, 6) is -1.01. The Bertz CT molecular complexity index is 410. The van der Waals surface area contributed by atoms with Crippen molar-refractivity contribution in [2.75, 3.05) is 5.73 Å². The summed E-state index contributed by atoms with van der Waals surface area (Å²) in [6, 6.07) is 0. The van der Waals surface area contributed by atoms with Gasteiger partial charge in [-0.05, 0) is 13.8 Å². The highest BCUT2D eigenvalue weighted by atomic mass is 16.2. The summed E-state index contributed by atoms with van der Waals surface area (Å²) in [7, 11) is 0. The van der Waals surface area contributed by atoms with E-state index in [4.69, 9.17) is 11.5 Å². The quantitative estimate of drug-likeness (QED) is 0.509. The maximum atomic E-state index is 11.6. The minimum absolute atomic E-state index is 0.00459. The molecule has 2 amide bonds. The van der Waals surface area contributed by atoms with Crippen LogP contribution in [0, 0.1) is 0 Å². The van der Waals surface area contributed by atoms with Crippen LogP contribution in [0.3, 0.4) is 0 Å². The minimum atomic E-state index is -0.746. The van der Waals surface area contributed by atoms with Gasteiger partial charge in [0.1, 0.15) is 0 Å². The van der Waals surface area contributed by atoms with Gasteiger partial charge in [-0.2, -0.15) is 4.98 Å². The van der Waals surface area contributed by atoms with Crippen molar-refractivity contribution in [3.63, 3.8) is 0 Å². The molecular formula is C8H14N6O2. The molecule has 1 rings (SSSR count). The summed E-state index contributed by atoms with van der Waals surface area (Å²) in [5.41, 5.74) is 9.56. The van der Waals surface area contributed by atoms with Gasteiger partial charge in [0.25, 0.3) is 5.91 Å². The Morgan fingerprint density at radius 1 is 1.50 bits per heavy atom. The number of carbonyl (C=O) groups excluding carboxylic acids is 2. The van der Waals surface area contributed by atoms with E-state index in [1.165, 1.54) is 0 Å². The Kier molecular flexibility index (Phi) is 3.11. The molecule has 0 radical (unpaired) electrons. The molecule has 6 N–H and O–H groups in total. The smallest absolute Gasteiger partial charge is 0.289 e. The van der Waals surface area contributed by atoms with Gasteiger partial charge >= 0.3 is 0 Å². The molecule has 0 aliphatic heterocycles. The second-order valence-corrected chi connectivity index (χ2v) is 4.02. The van der Waals surface area contributed by atoms with Crippen molar-refractivity contribution in [3.8, 4) is 0 Å². The Morgan fingerprint density at radius 2 is 2.12 bits per heavy atom. The van der Waals surface area contributed by atoms with E-state index in [2.05, 4.69) is 20.5 Å². The maximum Gasteiger partial charge on any atom is 0.289 e. The summed E-state index contributed by atoms with van der Waals surface area (Å²) in [6.07, 6.45) is 0.0301. The van der Waals surface area contributed by atoms with E-state index in [0.717, 1.165) is 0 Å². The van der Waals surface area contributed by atoms with Crippen LogP contribution in [0.4, 0.5) is 5.95 Å². The van der Waals surface area contributed by atoms with Gasteiger partial charge in [-0.1, -0.05) is 0 Å². The highest BCUT2D eigenvalue weighted by Crippen LogP contribution is 2.08. The number of nitrogens with one attached hydrogen (secondary N) is 2. The highest BCUT2D eigenvalue weighted by molar-refractivity contribution is 5.91. The van der Waals surface area contributed by atoms with E-state index in [1.54, 1.807) is 13.8 Å². The lowest BCUT2D eigenvalue weighted by Gasteiger charge is -2.23. The van der Waals surface area contributed by atoms with Crippen molar-refractivity contribution in [1.29, 1.82) is 0 Å². The largest absolute Gasteiger partial charge is 0.370 e. The molecule has 0 aromatic carbocycles. The van der Waals surface area contributed by atoms with E-state index in [0.29, 0.717) is 0 Å². The van der Waals surface area contributed by atoms with E-state index in [1.807, 2.05) is 0 Å². The molecule has 1 aromatic heterocycles. The van der Waals surface area contributed by atoms with E-state index in [9.17, 15) is 9.59 Å². The molecule has 0 aliphatic rings. The van der Waals surface area contributed by atoms with Crippen molar-refractivity contribution in [1.82, 2.24) is 20.5 Å². The lowest BCUT2D eigenvalue weighted by molar-refractivity contribution is -0.119. The number of rotatable bonds is 4. The van der Waals surface area contributed by atoms with Crippen LogP contribution in [-0.2, 0) is 4.79 Å². The number of nitrogen functional groups attached to an aromatic ring is 1. The molecular weight excluding hydrogens is 212 g/mol. The van der Waals surface area contributed by atoms with Gasteiger partial charge in [0.2, 0.25) is 17.7 Å². The third kappa shape index (κ3) is 3.23. The lowest BCUT2D eigenvalue weighted by atomic mass is 10.0. The summed E-state index contributed by atoms with van der Waals surface area (Å²) in [4.78, 5) is 26.0. The number of hydrogen-bond acceptors (Lipinski definition) is 5. The fourth-order valence-electron chi connectivity index (χ4n) is 1.22. The molecule has 8 heteroatoms. The van der Waals surface area contributed by atoms with Crippen LogP contribution in [0.15, 0.2) is 0 Å². The molecule has 0 fully saturated rings.